The van der Waals surface area contributed by atoms with Crippen molar-refractivity contribution in [3.8, 4) is 0 Å². The van der Waals surface area contributed by atoms with Crippen molar-refractivity contribution in [1.82, 2.24) is 4.31 Å². The lowest BCUT2D eigenvalue weighted by Crippen LogP contribution is -2.29. The molecule has 0 bridgehead atoms. The van der Waals surface area contributed by atoms with E-state index in [1.165, 1.54) is 30.4 Å². The summed E-state index contributed by atoms with van der Waals surface area (Å²) in [6, 6.07) is 2.73. The van der Waals surface area contributed by atoms with Crippen LogP contribution in [-0.2, 0) is 16.6 Å². The molecule has 0 saturated carbocycles. The summed E-state index contributed by atoms with van der Waals surface area (Å²) in [4.78, 5) is 0.00607. The minimum Gasteiger partial charge on any atom is -0.326 e. The molecule has 2 N–H and O–H groups in total. The van der Waals surface area contributed by atoms with E-state index in [1.54, 1.807) is 0 Å². The van der Waals surface area contributed by atoms with Crippen LogP contribution < -0.4 is 5.73 Å². The SMILES string of the molecule is CCCCN(C)S(=O)(=O)c1cc(CN)cc(F)c1C. The molecule has 1 aromatic carbocycles. The van der Waals surface area contributed by atoms with Crippen molar-refractivity contribution in [2.75, 3.05) is 13.6 Å². The first-order valence-electron chi connectivity index (χ1n) is 6.30. The maximum Gasteiger partial charge on any atom is 0.243 e. The molecular formula is C13H21FN2O2S. The van der Waals surface area contributed by atoms with Crippen LogP contribution in [0.5, 0.6) is 0 Å². The molecule has 0 unspecified atom stereocenters. The summed E-state index contributed by atoms with van der Waals surface area (Å²) in [5.41, 5.74) is 6.08. The lowest BCUT2D eigenvalue weighted by Gasteiger charge is -2.19. The van der Waals surface area contributed by atoms with Crippen molar-refractivity contribution in [3.05, 3.63) is 29.1 Å². The third-order valence-corrected chi connectivity index (χ3v) is 5.09. The van der Waals surface area contributed by atoms with Crippen LogP contribution in [0.15, 0.2) is 17.0 Å². The van der Waals surface area contributed by atoms with E-state index in [0.717, 1.165) is 12.8 Å². The van der Waals surface area contributed by atoms with Crippen LogP contribution in [0, 0.1) is 12.7 Å². The number of halogens is 1. The van der Waals surface area contributed by atoms with Gasteiger partial charge in [0.05, 0.1) is 4.90 Å². The second-order valence-corrected chi connectivity index (χ2v) is 6.60. The second-order valence-electron chi connectivity index (χ2n) is 4.59. The van der Waals surface area contributed by atoms with E-state index in [4.69, 9.17) is 5.73 Å². The van der Waals surface area contributed by atoms with Crippen molar-refractivity contribution in [2.24, 2.45) is 5.73 Å². The molecule has 0 aromatic heterocycles. The monoisotopic (exact) mass is 288 g/mol. The quantitative estimate of drug-likeness (QED) is 0.871. The highest BCUT2D eigenvalue weighted by Crippen LogP contribution is 2.23. The van der Waals surface area contributed by atoms with Gasteiger partial charge in [-0.1, -0.05) is 13.3 Å². The Hall–Kier alpha value is -0.980. The molecule has 0 amide bonds. The van der Waals surface area contributed by atoms with Gasteiger partial charge in [0.2, 0.25) is 10.0 Å². The van der Waals surface area contributed by atoms with Crippen LogP contribution >= 0.6 is 0 Å². The first-order valence-corrected chi connectivity index (χ1v) is 7.74. The van der Waals surface area contributed by atoms with Gasteiger partial charge in [0, 0.05) is 25.7 Å². The van der Waals surface area contributed by atoms with E-state index >= 15 is 0 Å². The Kier molecular flexibility index (Phi) is 5.46. The number of hydrogen-bond acceptors (Lipinski definition) is 3. The average Bonchev–Trinajstić information content (AvgIpc) is 2.38. The fourth-order valence-electron chi connectivity index (χ4n) is 1.76. The summed E-state index contributed by atoms with van der Waals surface area (Å²) in [5, 5.41) is 0. The van der Waals surface area contributed by atoms with E-state index in [2.05, 4.69) is 0 Å². The molecule has 1 aromatic rings. The first-order chi connectivity index (χ1) is 8.84. The van der Waals surface area contributed by atoms with Crippen molar-refractivity contribution >= 4 is 10.0 Å². The van der Waals surface area contributed by atoms with Gasteiger partial charge < -0.3 is 5.73 Å². The van der Waals surface area contributed by atoms with Crippen molar-refractivity contribution in [2.45, 2.75) is 38.1 Å². The molecule has 1 rings (SSSR count). The summed E-state index contributed by atoms with van der Waals surface area (Å²) in [5.74, 6) is -0.537. The number of hydrogen-bond donors (Lipinski definition) is 1. The van der Waals surface area contributed by atoms with E-state index in [-0.39, 0.29) is 17.0 Å². The standard InChI is InChI=1S/C13H21FN2O2S/c1-4-5-6-16(3)19(17,18)13-8-11(9-15)7-12(14)10(13)2/h7-8H,4-6,9,15H2,1-3H3. The summed E-state index contributed by atoms with van der Waals surface area (Å²) in [6.07, 6.45) is 1.67. The smallest absolute Gasteiger partial charge is 0.243 e. The molecule has 0 spiro atoms. The van der Waals surface area contributed by atoms with Crippen molar-refractivity contribution in [1.29, 1.82) is 0 Å². The van der Waals surface area contributed by atoms with Crippen LogP contribution in [0.2, 0.25) is 0 Å². The molecule has 108 valence electrons. The van der Waals surface area contributed by atoms with Gasteiger partial charge in [-0.2, -0.15) is 0 Å². The van der Waals surface area contributed by atoms with Gasteiger partial charge >= 0.3 is 0 Å². The molecule has 0 aliphatic rings. The van der Waals surface area contributed by atoms with Crippen molar-refractivity contribution < 1.29 is 12.8 Å². The van der Waals surface area contributed by atoms with Crippen LogP contribution in [0.4, 0.5) is 4.39 Å². The highest BCUT2D eigenvalue weighted by molar-refractivity contribution is 7.89. The van der Waals surface area contributed by atoms with Gasteiger partial charge in [-0.15, -0.1) is 0 Å². The minimum atomic E-state index is -3.66. The van der Waals surface area contributed by atoms with Gasteiger partial charge in [-0.25, -0.2) is 17.1 Å². The number of unbranched alkanes of at least 4 members (excludes halogenated alkanes) is 1. The van der Waals surface area contributed by atoms with Gasteiger partial charge in [0.1, 0.15) is 5.82 Å². The molecule has 6 heteroatoms. The lowest BCUT2D eigenvalue weighted by molar-refractivity contribution is 0.458. The third kappa shape index (κ3) is 3.52. The molecule has 0 heterocycles. The normalized spacial score (nSPS) is 12.1. The zero-order valence-electron chi connectivity index (χ0n) is 11.6. The van der Waals surface area contributed by atoms with Crippen molar-refractivity contribution in [3.63, 3.8) is 0 Å². The first kappa shape index (κ1) is 16.1. The largest absolute Gasteiger partial charge is 0.326 e. The number of nitrogens with two attached hydrogens (primary N) is 1. The van der Waals surface area contributed by atoms with Crippen LogP contribution in [-0.4, -0.2) is 26.3 Å². The Labute approximate surface area is 114 Å². The zero-order valence-corrected chi connectivity index (χ0v) is 12.4. The maximum atomic E-state index is 13.7. The molecule has 0 atom stereocenters. The number of nitrogens with zero attached hydrogens (tertiary/aromatic N) is 1. The van der Waals surface area contributed by atoms with Crippen LogP contribution in [0.1, 0.15) is 30.9 Å². The highest BCUT2D eigenvalue weighted by atomic mass is 32.2. The Morgan fingerprint density at radius 3 is 2.53 bits per heavy atom. The lowest BCUT2D eigenvalue weighted by atomic mass is 10.1. The second kappa shape index (κ2) is 6.45. The Balaban J connectivity index is 3.24. The zero-order chi connectivity index (χ0) is 14.6. The molecule has 4 nitrogen and oxygen atoms in total. The molecule has 0 saturated heterocycles. The van der Waals surface area contributed by atoms with E-state index in [0.29, 0.717) is 12.1 Å². The molecule has 0 aliphatic carbocycles. The summed E-state index contributed by atoms with van der Waals surface area (Å²) in [6.45, 7) is 3.99. The third-order valence-electron chi connectivity index (χ3n) is 3.11. The molecular weight excluding hydrogens is 267 g/mol. The van der Waals surface area contributed by atoms with E-state index < -0.39 is 15.8 Å². The van der Waals surface area contributed by atoms with Crippen LogP contribution in [0.25, 0.3) is 0 Å². The van der Waals surface area contributed by atoms with E-state index in [1.807, 2.05) is 6.92 Å². The fourth-order valence-corrected chi connectivity index (χ4v) is 3.25. The molecule has 0 radical (unpaired) electrons. The highest BCUT2D eigenvalue weighted by Gasteiger charge is 2.24. The number of rotatable bonds is 6. The fraction of sp³-hybridized carbons (Fsp3) is 0.538. The van der Waals surface area contributed by atoms with Gasteiger partial charge in [0.25, 0.3) is 0 Å². The van der Waals surface area contributed by atoms with Gasteiger partial charge in [-0.3, -0.25) is 0 Å². The Bertz CT molecular complexity index is 544. The number of benzene rings is 1. The summed E-state index contributed by atoms with van der Waals surface area (Å²) >= 11 is 0. The summed E-state index contributed by atoms with van der Waals surface area (Å²) in [7, 11) is -2.15. The molecule has 0 fully saturated rings. The average molecular weight is 288 g/mol. The number of sulfonamides is 1. The van der Waals surface area contributed by atoms with E-state index in [9.17, 15) is 12.8 Å². The maximum absolute atomic E-state index is 13.7. The Morgan fingerprint density at radius 2 is 2.00 bits per heavy atom. The minimum absolute atomic E-state index is 0.00607. The molecule has 0 aliphatic heterocycles. The Morgan fingerprint density at radius 1 is 1.37 bits per heavy atom. The predicted octanol–water partition coefficient (Wildman–Crippen LogP) is 2.01. The predicted molar refractivity (Wildman–Crippen MR) is 73.8 cm³/mol. The topological polar surface area (TPSA) is 63.4 Å². The summed E-state index contributed by atoms with van der Waals surface area (Å²) < 4.78 is 39.8. The molecule has 19 heavy (non-hydrogen) atoms. The van der Waals surface area contributed by atoms with Gasteiger partial charge in [0.15, 0.2) is 0 Å². The van der Waals surface area contributed by atoms with Crippen LogP contribution in [0.3, 0.4) is 0 Å². The van der Waals surface area contributed by atoms with Gasteiger partial charge in [-0.05, 0) is 31.0 Å².